The van der Waals surface area contributed by atoms with Crippen LogP contribution in [0.1, 0.15) is 12.8 Å². The molecule has 0 bridgehead atoms. The number of benzene rings is 1. The molecule has 0 saturated carbocycles. The molecular weight excluding hydrogens is 399 g/mol. The lowest BCUT2D eigenvalue weighted by molar-refractivity contribution is 0.0986. The number of rotatable bonds is 4. The Kier molecular flexibility index (Phi) is 5.11. The fourth-order valence-electron chi connectivity index (χ4n) is 4.66. The maximum absolute atomic E-state index is 14.1. The number of fused-ring (bicyclic) bond motifs is 1. The Bertz CT molecular complexity index is 1180. The van der Waals surface area contributed by atoms with Gasteiger partial charge in [0.05, 0.1) is 30.6 Å². The molecule has 1 N–H and O–H groups in total. The molecular formula is C23H25FN4O3. The van der Waals surface area contributed by atoms with Gasteiger partial charge >= 0.3 is 0 Å². The van der Waals surface area contributed by atoms with Gasteiger partial charge in [-0.15, -0.1) is 0 Å². The number of aliphatic hydroxyl groups is 1. The summed E-state index contributed by atoms with van der Waals surface area (Å²) in [5.41, 5.74) is 2.04. The van der Waals surface area contributed by atoms with E-state index in [-0.39, 0.29) is 17.4 Å². The lowest BCUT2D eigenvalue weighted by Crippen LogP contribution is -2.41. The zero-order valence-corrected chi connectivity index (χ0v) is 17.4. The number of pyridine rings is 1. The Morgan fingerprint density at radius 1 is 1.13 bits per heavy atom. The van der Waals surface area contributed by atoms with Crippen molar-refractivity contribution in [1.29, 1.82) is 0 Å². The highest BCUT2D eigenvalue weighted by molar-refractivity contribution is 5.63. The van der Waals surface area contributed by atoms with Crippen LogP contribution in [0.4, 0.5) is 10.1 Å². The van der Waals surface area contributed by atoms with Gasteiger partial charge in [0.25, 0.3) is 5.56 Å². The first-order valence-electron chi connectivity index (χ1n) is 10.6. The van der Waals surface area contributed by atoms with Crippen LogP contribution in [0.3, 0.4) is 0 Å². The minimum absolute atomic E-state index is 0.125. The molecule has 162 valence electrons. The minimum atomic E-state index is -0.502. The minimum Gasteiger partial charge on any atom is -0.494 e. The summed E-state index contributed by atoms with van der Waals surface area (Å²) in [4.78, 5) is 21.8. The van der Waals surface area contributed by atoms with E-state index < -0.39 is 11.9 Å². The zero-order valence-electron chi connectivity index (χ0n) is 17.4. The molecule has 0 amide bonds. The molecule has 5 rings (SSSR count). The van der Waals surface area contributed by atoms with Gasteiger partial charge in [0.1, 0.15) is 5.65 Å². The fraction of sp³-hybridized carbons (Fsp3) is 0.391. The average molecular weight is 424 g/mol. The van der Waals surface area contributed by atoms with E-state index in [2.05, 4.69) is 14.8 Å². The highest BCUT2D eigenvalue weighted by Gasteiger charge is 2.36. The van der Waals surface area contributed by atoms with Crippen molar-refractivity contribution in [3.05, 3.63) is 58.8 Å². The van der Waals surface area contributed by atoms with Gasteiger partial charge in [0.15, 0.2) is 11.6 Å². The molecule has 2 saturated heterocycles. The second-order valence-corrected chi connectivity index (χ2v) is 8.23. The molecule has 2 fully saturated rings. The Balaban J connectivity index is 1.44. The number of halogens is 1. The summed E-state index contributed by atoms with van der Waals surface area (Å²) in [5.74, 6) is -0.358. The summed E-state index contributed by atoms with van der Waals surface area (Å²) >= 11 is 0. The Morgan fingerprint density at radius 3 is 2.68 bits per heavy atom. The maximum atomic E-state index is 14.1. The van der Waals surface area contributed by atoms with Crippen molar-refractivity contribution in [3.8, 4) is 17.0 Å². The van der Waals surface area contributed by atoms with Crippen LogP contribution in [0.2, 0.25) is 0 Å². The molecule has 8 heteroatoms. The normalized spacial score (nSPS) is 21.8. The molecule has 2 aliphatic heterocycles. The van der Waals surface area contributed by atoms with Crippen LogP contribution >= 0.6 is 0 Å². The second kappa shape index (κ2) is 7.94. The predicted octanol–water partition coefficient (Wildman–Crippen LogP) is 2.15. The third-order valence-electron chi connectivity index (χ3n) is 6.33. The number of methoxy groups -OCH3 is 1. The number of aliphatic hydroxyl groups excluding tert-OH is 1. The number of aromatic nitrogens is 2. The first-order valence-corrected chi connectivity index (χ1v) is 10.6. The monoisotopic (exact) mass is 424 g/mol. The summed E-state index contributed by atoms with van der Waals surface area (Å²) in [5, 5.41) is 10.6. The molecule has 2 atom stereocenters. The van der Waals surface area contributed by atoms with Crippen LogP contribution in [-0.4, -0.2) is 64.8 Å². The molecule has 2 aromatic heterocycles. The lowest BCUT2D eigenvalue weighted by Gasteiger charge is -2.25. The zero-order chi connectivity index (χ0) is 21.5. The van der Waals surface area contributed by atoms with Crippen molar-refractivity contribution in [1.82, 2.24) is 14.3 Å². The van der Waals surface area contributed by atoms with Crippen LogP contribution in [0.15, 0.2) is 47.4 Å². The molecule has 0 spiro atoms. The Morgan fingerprint density at radius 2 is 1.94 bits per heavy atom. The van der Waals surface area contributed by atoms with E-state index in [0.717, 1.165) is 25.3 Å². The van der Waals surface area contributed by atoms with Crippen LogP contribution in [0.5, 0.6) is 5.75 Å². The summed E-state index contributed by atoms with van der Waals surface area (Å²) < 4.78 is 20.5. The van der Waals surface area contributed by atoms with E-state index in [1.165, 1.54) is 42.6 Å². The Hall–Kier alpha value is -2.97. The maximum Gasteiger partial charge on any atom is 0.258 e. The lowest BCUT2D eigenvalue weighted by atomic mass is 10.1. The highest BCUT2D eigenvalue weighted by Crippen LogP contribution is 2.27. The van der Waals surface area contributed by atoms with Gasteiger partial charge in [-0.25, -0.2) is 9.37 Å². The van der Waals surface area contributed by atoms with Crippen molar-refractivity contribution >= 4 is 11.3 Å². The number of likely N-dealkylation sites (tertiary alicyclic amines) is 1. The van der Waals surface area contributed by atoms with E-state index in [9.17, 15) is 14.3 Å². The van der Waals surface area contributed by atoms with Crippen LogP contribution in [0, 0.1) is 5.82 Å². The van der Waals surface area contributed by atoms with Crippen LogP contribution in [-0.2, 0) is 0 Å². The molecule has 0 radical (unpaired) electrons. The summed E-state index contributed by atoms with van der Waals surface area (Å²) in [6.07, 6.45) is 3.72. The van der Waals surface area contributed by atoms with Crippen LogP contribution < -0.4 is 15.2 Å². The van der Waals surface area contributed by atoms with Crippen molar-refractivity contribution in [3.63, 3.8) is 0 Å². The second-order valence-electron chi connectivity index (χ2n) is 8.23. The van der Waals surface area contributed by atoms with E-state index in [4.69, 9.17) is 4.74 Å². The van der Waals surface area contributed by atoms with Gasteiger partial charge in [0, 0.05) is 30.9 Å². The standard InChI is InChI=1S/C23H25FN4O3/c1-31-21-6-4-15(10-17(21)24)18-11-23(30)28-12-16(5-7-22(28)25-18)27-13-19(20(29)14-27)26-8-2-3-9-26/h4-7,10-12,19-20,29H,2-3,8-9,13-14H2,1H3/t19-,20-/m0/s1. The molecule has 0 aliphatic carbocycles. The van der Waals surface area contributed by atoms with E-state index in [1.54, 1.807) is 18.3 Å². The first-order chi connectivity index (χ1) is 15.0. The number of β-amino-alcohol motifs (C(OH)–C–C–N with tert-alkyl or cyclic N) is 1. The Labute approximate surface area is 179 Å². The number of nitrogens with zero attached hydrogens (tertiary/aromatic N) is 4. The van der Waals surface area contributed by atoms with Crippen molar-refractivity contribution in [2.24, 2.45) is 0 Å². The van der Waals surface area contributed by atoms with Crippen molar-refractivity contribution in [2.75, 3.05) is 38.2 Å². The molecule has 0 unspecified atom stereocenters. The molecule has 1 aromatic carbocycles. The number of ether oxygens (including phenoxy) is 1. The van der Waals surface area contributed by atoms with E-state index in [0.29, 0.717) is 23.4 Å². The van der Waals surface area contributed by atoms with Gasteiger partial charge in [-0.2, -0.15) is 0 Å². The molecule has 7 nitrogen and oxygen atoms in total. The number of anilines is 1. The number of hydrogen-bond acceptors (Lipinski definition) is 6. The first kappa shape index (κ1) is 20.0. The van der Waals surface area contributed by atoms with Gasteiger partial charge in [-0.3, -0.25) is 14.1 Å². The smallest absolute Gasteiger partial charge is 0.258 e. The largest absolute Gasteiger partial charge is 0.494 e. The summed E-state index contributed by atoms with van der Waals surface area (Å²) in [7, 11) is 1.41. The summed E-state index contributed by atoms with van der Waals surface area (Å²) in [6.45, 7) is 3.34. The third-order valence-corrected chi connectivity index (χ3v) is 6.33. The van der Waals surface area contributed by atoms with Crippen molar-refractivity contribution in [2.45, 2.75) is 25.0 Å². The molecule has 2 aliphatic rings. The van der Waals surface area contributed by atoms with Gasteiger partial charge in [-0.1, -0.05) is 0 Å². The average Bonchev–Trinajstić information content (AvgIpc) is 3.43. The predicted molar refractivity (Wildman–Crippen MR) is 116 cm³/mol. The quantitative estimate of drug-likeness (QED) is 0.692. The number of hydrogen-bond donors (Lipinski definition) is 1. The SMILES string of the molecule is COc1ccc(-c2cc(=O)n3cc(N4C[C@H](O)[C@@H](N5CCCC5)C4)ccc3n2)cc1F. The van der Waals surface area contributed by atoms with Gasteiger partial charge in [-0.05, 0) is 56.3 Å². The summed E-state index contributed by atoms with van der Waals surface area (Å²) in [6, 6.07) is 9.75. The van der Waals surface area contributed by atoms with Gasteiger partial charge in [0.2, 0.25) is 0 Å². The fourth-order valence-corrected chi connectivity index (χ4v) is 4.66. The van der Waals surface area contributed by atoms with E-state index >= 15 is 0 Å². The van der Waals surface area contributed by atoms with Crippen molar-refractivity contribution < 1.29 is 14.2 Å². The molecule has 31 heavy (non-hydrogen) atoms. The molecule has 3 aromatic rings. The third kappa shape index (κ3) is 3.66. The van der Waals surface area contributed by atoms with E-state index in [1.807, 2.05) is 6.07 Å². The van der Waals surface area contributed by atoms with Crippen LogP contribution in [0.25, 0.3) is 16.9 Å². The topological polar surface area (TPSA) is 70.3 Å². The van der Waals surface area contributed by atoms with Gasteiger partial charge < -0.3 is 14.7 Å². The molecule has 4 heterocycles. The highest BCUT2D eigenvalue weighted by atomic mass is 19.1.